The molecule has 4 heterocycles. The summed E-state index contributed by atoms with van der Waals surface area (Å²) in [4.78, 5) is 22.8. The highest BCUT2D eigenvalue weighted by molar-refractivity contribution is 6.06. The predicted molar refractivity (Wildman–Crippen MR) is 140 cm³/mol. The molecule has 0 aliphatic carbocycles. The molecule has 0 N–H and O–H groups in total. The van der Waals surface area contributed by atoms with Crippen LogP contribution < -0.4 is 4.90 Å². The van der Waals surface area contributed by atoms with E-state index in [1.807, 2.05) is 77.7 Å². The Morgan fingerprint density at radius 1 is 0.973 bits per heavy atom. The van der Waals surface area contributed by atoms with Crippen LogP contribution in [0.25, 0.3) is 22.3 Å². The third-order valence-electron chi connectivity index (χ3n) is 6.73. The van der Waals surface area contributed by atoms with Crippen LogP contribution in [0.15, 0.2) is 89.7 Å². The highest BCUT2D eigenvalue weighted by Crippen LogP contribution is 2.27. The summed E-state index contributed by atoms with van der Waals surface area (Å²) in [6.07, 6.45) is 3.35. The van der Waals surface area contributed by atoms with E-state index in [4.69, 9.17) is 9.40 Å². The van der Waals surface area contributed by atoms with Crippen LogP contribution >= 0.6 is 0 Å². The molecule has 5 aromatic rings. The third-order valence-corrected chi connectivity index (χ3v) is 6.73. The van der Waals surface area contributed by atoms with Gasteiger partial charge < -0.3 is 14.2 Å². The van der Waals surface area contributed by atoms with Crippen molar-refractivity contribution in [1.82, 2.24) is 19.7 Å². The van der Waals surface area contributed by atoms with Gasteiger partial charge >= 0.3 is 0 Å². The number of para-hydroxylation sites is 1. The first-order valence-corrected chi connectivity index (χ1v) is 12.2. The smallest absolute Gasteiger partial charge is 0.254 e. The maximum absolute atomic E-state index is 13.9. The normalized spacial score (nSPS) is 13.6. The van der Waals surface area contributed by atoms with Gasteiger partial charge in [0.2, 0.25) is 0 Å². The highest BCUT2D eigenvalue weighted by Gasteiger charge is 2.26. The Morgan fingerprint density at radius 2 is 1.76 bits per heavy atom. The topological polar surface area (TPSA) is 91.2 Å². The molecular weight excluding hydrogens is 464 g/mol. The number of anilines is 1. The molecule has 1 fully saturated rings. The van der Waals surface area contributed by atoms with Crippen LogP contribution in [0.5, 0.6) is 0 Å². The minimum atomic E-state index is -0.0460. The first-order chi connectivity index (χ1) is 18.2. The number of carbonyl (C=O) groups is 1. The van der Waals surface area contributed by atoms with E-state index in [2.05, 4.69) is 16.1 Å². The number of benzene rings is 2. The van der Waals surface area contributed by atoms with Gasteiger partial charge in [0.15, 0.2) is 5.65 Å². The average molecular weight is 489 g/mol. The van der Waals surface area contributed by atoms with Crippen LogP contribution in [-0.4, -0.2) is 51.8 Å². The molecule has 0 spiro atoms. The summed E-state index contributed by atoms with van der Waals surface area (Å²) in [5.74, 6) is 0.717. The molecule has 0 radical (unpaired) electrons. The summed E-state index contributed by atoms with van der Waals surface area (Å²) in [6.45, 7) is 2.85. The van der Waals surface area contributed by atoms with Crippen molar-refractivity contribution in [1.29, 1.82) is 5.26 Å². The van der Waals surface area contributed by atoms with Gasteiger partial charge in [-0.1, -0.05) is 42.5 Å². The van der Waals surface area contributed by atoms with Gasteiger partial charge in [0.1, 0.15) is 18.4 Å². The second-order valence-electron chi connectivity index (χ2n) is 8.95. The summed E-state index contributed by atoms with van der Waals surface area (Å²) >= 11 is 0. The van der Waals surface area contributed by atoms with Crippen LogP contribution in [0, 0.1) is 11.3 Å². The maximum atomic E-state index is 13.9. The van der Waals surface area contributed by atoms with Crippen LogP contribution in [0.4, 0.5) is 5.69 Å². The van der Waals surface area contributed by atoms with Crippen LogP contribution in [0.2, 0.25) is 0 Å². The van der Waals surface area contributed by atoms with Crippen molar-refractivity contribution >= 4 is 22.6 Å². The maximum Gasteiger partial charge on any atom is 0.254 e. The van der Waals surface area contributed by atoms with E-state index in [9.17, 15) is 10.1 Å². The van der Waals surface area contributed by atoms with E-state index >= 15 is 0 Å². The molecule has 0 bridgehead atoms. The number of carbonyl (C=O) groups excluding carboxylic acids is 1. The Morgan fingerprint density at radius 3 is 2.51 bits per heavy atom. The molecule has 8 nitrogen and oxygen atoms in total. The molecule has 0 unspecified atom stereocenters. The Bertz CT molecular complexity index is 1590. The summed E-state index contributed by atoms with van der Waals surface area (Å²) in [5, 5.41) is 14.7. The van der Waals surface area contributed by atoms with Crippen molar-refractivity contribution in [3.63, 3.8) is 0 Å². The average Bonchev–Trinajstić information content (AvgIpc) is 3.63. The quantitative estimate of drug-likeness (QED) is 0.360. The lowest BCUT2D eigenvalue weighted by atomic mass is 10.1. The predicted octanol–water partition coefficient (Wildman–Crippen LogP) is 4.57. The van der Waals surface area contributed by atoms with E-state index in [-0.39, 0.29) is 5.91 Å². The van der Waals surface area contributed by atoms with Gasteiger partial charge in [0.25, 0.3) is 5.91 Å². The molecule has 1 aliphatic rings. The zero-order valence-corrected chi connectivity index (χ0v) is 20.1. The Hall–Kier alpha value is -4.90. The fourth-order valence-electron chi connectivity index (χ4n) is 4.81. The molecule has 2 aromatic carbocycles. The number of hydrogen-bond donors (Lipinski definition) is 0. The third kappa shape index (κ3) is 4.32. The molecule has 0 saturated carbocycles. The zero-order chi connectivity index (χ0) is 25.2. The number of piperazine rings is 1. The fraction of sp³-hybridized carbons (Fsp3) is 0.172. The second kappa shape index (κ2) is 9.63. The van der Waals surface area contributed by atoms with Gasteiger partial charge in [0, 0.05) is 31.7 Å². The summed E-state index contributed by atoms with van der Waals surface area (Å²) in [7, 11) is 0. The van der Waals surface area contributed by atoms with Gasteiger partial charge in [-0.2, -0.15) is 10.4 Å². The number of hydrogen-bond acceptors (Lipinski definition) is 6. The minimum Gasteiger partial charge on any atom is -0.467 e. The molecule has 6 rings (SSSR count). The second-order valence-corrected chi connectivity index (χ2v) is 8.95. The van der Waals surface area contributed by atoms with E-state index in [1.54, 1.807) is 17.1 Å². The molecule has 8 heteroatoms. The molecule has 0 atom stereocenters. The van der Waals surface area contributed by atoms with E-state index < -0.39 is 0 Å². The Labute approximate surface area is 214 Å². The van der Waals surface area contributed by atoms with Crippen molar-refractivity contribution in [3.8, 4) is 17.3 Å². The number of pyridine rings is 1. The lowest BCUT2D eigenvalue weighted by Crippen LogP contribution is -2.49. The van der Waals surface area contributed by atoms with Crippen LogP contribution in [-0.2, 0) is 6.54 Å². The number of aromatic nitrogens is 3. The number of rotatable bonds is 5. The van der Waals surface area contributed by atoms with Gasteiger partial charge in [-0.25, -0.2) is 9.67 Å². The van der Waals surface area contributed by atoms with Crippen LogP contribution in [0.3, 0.4) is 0 Å². The van der Waals surface area contributed by atoms with Gasteiger partial charge in [-0.15, -0.1) is 0 Å². The monoisotopic (exact) mass is 488 g/mol. The highest BCUT2D eigenvalue weighted by atomic mass is 16.3. The molecule has 37 heavy (non-hydrogen) atoms. The lowest BCUT2D eigenvalue weighted by molar-refractivity contribution is 0.0748. The minimum absolute atomic E-state index is 0.0460. The Balaban J connectivity index is 1.33. The van der Waals surface area contributed by atoms with Gasteiger partial charge in [-0.3, -0.25) is 4.79 Å². The standard InChI is InChI=1S/C29H24N6O2/c30-18-22-9-4-5-11-27(22)33-12-14-34(15-13-33)29(36)24-17-26(21-7-2-1-3-8-21)32-28-25(24)19-31-35(28)20-23-10-6-16-37-23/h1-11,16-17,19H,12-15,20H2. The number of nitrogens with zero attached hydrogens (tertiary/aromatic N) is 6. The summed E-state index contributed by atoms with van der Waals surface area (Å²) in [6, 6.07) is 25.3. The first-order valence-electron chi connectivity index (χ1n) is 12.2. The number of furan rings is 1. The van der Waals surface area contributed by atoms with Crippen molar-refractivity contribution in [2.24, 2.45) is 0 Å². The number of amides is 1. The SMILES string of the molecule is N#Cc1ccccc1N1CCN(C(=O)c2cc(-c3ccccc3)nc3c2cnn3Cc2ccco2)CC1. The molecule has 1 saturated heterocycles. The van der Waals surface area contributed by atoms with Crippen LogP contribution in [0.1, 0.15) is 21.7 Å². The fourth-order valence-corrected chi connectivity index (χ4v) is 4.81. The van der Waals surface area contributed by atoms with Crippen molar-refractivity contribution < 1.29 is 9.21 Å². The van der Waals surface area contributed by atoms with Crippen molar-refractivity contribution in [2.75, 3.05) is 31.1 Å². The van der Waals surface area contributed by atoms with E-state index in [1.165, 1.54) is 0 Å². The van der Waals surface area contributed by atoms with Gasteiger partial charge in [0.05, 0.1) is 40.4 Å². The molecule has 3 aromatic heterocycles. The summed E-state index contributed by atoms with van der Waals surface area (Å²) in [5.41, 5.74) is 4.44. The molecular formula is C29H24N6O2. The molecule has 182 valence electrons. The number of fused-ring (bicyclic) bond motifs is 1. The lowest BCUT2D eigenvalue weighted by Gasteiger charge is -2.36. The molecule has 1 amide bonds. The largest absolute Gasteiger partial charge is 0.467 e. The number of nitriles is 1. The zero-order valence-electron chi connectivity index (χ0n) is 20.1. The van der Waals surface area contributed by atoms with Crippen molar-refractivity contribution in [3.05, 3.63) is 102 Å². The van der Waals surface area contributed by atoms with Gasteiger partial charge in [-0.05, 0) is 30.3 Å². The summed E-state index contributed by atoms with van der Waals surface area (Å²) < 4.78 is 7.29. The van der Waals surface area contributed by atoms with E-state index in [0.29, 0.717) is 54.9 Å². The molecule has 1 aliphatic heterocycles. The Kier molecular flexibility index (Phi) is 5.87. The van der Waals surface area contributed by atoms with E-state index in [0.717, 1.165) is 22.7 Å². The first kappa shape index (κ1) is 22.6. The van der Waals surface area contributed by atoms with Crippen molar-refractivity contribution in [2.45, 2.75) is 6.54 Å².